The molecular weight excluding hydrogens is 318 g/mol. The Kier molecular flexibility index (Phi) is 4.49. The van der Waals surface area contributed by atoms with Crippen LogP contribution in [0.2, 0.25) is 0 Å². The van der Waals surface area contributed by atoms with E-state index < -0.39 is 0 Å². The first-order chi connectivity index (χ1) is 11.3. The van der Waals surface area contributed by atoms with Crippen molar-refractivity contribution in [1.82, 2.24) is 19.9 Å². The molecule has 3 rings (SSSR count). The Morgan fingerprint density at radius 1 is 1.12 bits per heavy atom. The Morgan fingerprint density at radius 2 is 1.88 bits per heavy atom. The number of aromatic nitrogens is 4. The molecule has 6 heteroatoms. The Bertz CT molecular complexity index is 850. The van der Waals surface area contributed by atoms with Gasteiger partial charge in [-0.05, 0) is 12.1 Å². The zero-order chi connectivity index (χ0) is 17.3. The molecule has 1 aromatic carbocycles. The summed E-state index contributed by atoms with van der Waals surface area (Å²) in [5.74, 6) is 6.95. The number of hydrogen-bond acceptors (Lipinski definition) is 5. The molecule has 2 heterocycles. The van der Waals surface area contributed by atoms with Gasteiger partial charge in [0.05, 0.1) is 5.52 Å². The molecule has 0 aliphatic rings. The van der Waals surface area contributed by atoms with Gasteiger partial charge in [-0.3, -0.25) is 4.98 Å². The normalized spacial score (nSPS) is 13.3. The number of nitrogens with two attached hydrogens (primary N) is 1. The molecule has 2 N–H and O–H groups in total. The largest absolute Gasteiger partial charge is 0.336 e. The predicted octanol–water partition coefficient (Wildman–Crippen LogP) is 3.56. The third kappa shape index (κ3) is 3.53. The lowest BCUT2D eigenvalue weighted by Crippen LogP contribution is -2.24. The quantitative estimate of drug-likeness (QED) is 0.580. The Hall–Kier alpha value is -2.08. The number of pyridine rings is 1. The maximum atomic E-state index is 6.16. The summed E-state index contributed by atoms with van der Waals surface area (Å²) in [7, 11) is 0. The number of nitrogens with zero attached hydrogens (tertiary/aromatic N) is 4. The summed E-state index contributed by atoms with van der Waals surface area (Å²) in [5.41, 5.74) is 1.99. The van der Waals surface area contributed by atoms with E-state index in [0.717, 1.165) is 34.0 Å². The summed E-state index contributed by atoms with van der Waals surface area (Å²) >= 11 is 1.63. The predicted molar refractivity (Wildman–Crippen MR) is 99.6 cm³/mol. The van der Waals surface area contributed by atoms with Crippen molar-refractivity contribution >= 4 is 22.7 Å². The van der Waals surface area contributed by atoms with Crippen molar-refractivity contribution in [3.63, 3.8) is 0 Å². The third-order valence-electron chi connectivity index (χ3n) is 3.79. The van der Waals surface area contributed by atoms with Gasteiger partial charge in [-0.15, -0.1) is 10.2 Å². The van der Waals surface area contributed by atoms with E-state index in [4.69, 9.17) is 10.8 Å². The van der Waals surface area contributed by atoms with Crippen LogP contribution in [0.5, 0.6) is 0 Å². The highest BCUT2D eigenvalue weighted by molar-refractivity contribution is 7.99. The van der Waals surface area contributed by atoms with Gasteiger partial charge in [0.1, 0.15) is 0 Å². The molecule has 0 fully saturated rings. The van der Waals surface area contributed by atoms with Crippen molar-refractivity contribution in [1.29, 1.82) is 0 Å². The van der Waals surface area contributed by atoms with Gasteiger partial charge in [0, 0.05) is 28.2 Å². The van der Waals surface area contributed by atoms with Gasteiger partial charge in [0.2, 0.25) is 5.16 Å². The highest BCUT2D eigenvalue weighted by atomic mass is 32.2. The fourth-order valence-corrected chi connectivity index (χ4v) is 3.51. The number of fused-ring (bicyclic) bond motifs is 1. The van der Waals surface area contributed by atoms with Crippen LogP contribution in [-0.4, -0.2) is 25.1 Å². The zero-order valence-electron chi connectivity index (χ0n) is 14.5. The van der Waals surface area contributed by atoms with E-state index in [1.165, 1.54) is 0 Å². The molecule has 3 aromatic rings. The van der Waals surface area contributed by atoms with Crippen LogP contribution < -0.4 is 5.84 Å². The van der Waals surface area contributed by atoms with Crippen LogP contribution in [-0.2, 0) is 11.8 Å². The van der Waals surface area contributed by atoms with E-state index >= 15 is 0 Å². The van der Waals surface area contributed by atoms with Gasteiger partial charge >= 0.3 is 0 Å². The standard InChI is InChI=1S/C18H23N5S/c1-12(24-17-22-21-16(23(17)19)18(2,3)4)11-14-10-9-13-7-5-6-8-15(13)20-14/h5-10,12H,11,19H2,1-4H3/t12-/m0/s1. The summed E-state index contributed by atoms with van der Waals surface area (Å²) < 4.78 is 1.61. The number of rotatable bonds is 4. The molecule has 5 nitrogen and oxygen atoms in total. The van der Waals surface area contributed by atoms with E-state index in [1.54, 1.807) is 16.4 Å². The lowest BCUT2D eigenvalue weighted by atomic mass is 9.96. The number of benzene rings is 1. The van der Waals surface area contributed by atoms with Gasteiger partial charge in [-0.1, -0.05) is 63.7 Å². The number of thioether (sulfide) groups is 1. The summed E-state index contributed by atoms with van der Waals surface area (Å²) in [6, 6.07) is 12.4. The lowest BCUT2D eigenvalue weighted by molar-refractivity contribution is 0.523. The fraction of sp³-hybridized carbons (Fsp3) is 0.389. The average molecular weight is 341 g/mol. The molecule has 0 unspecified atom stereocenters. The first-order valence-electron chi connectivity index (χ1n) is 8.07. The van der Waals surface area contributed by atoms with Crippen molar-refractivity contribution in [2.45, 2.75) is 49.9 Å². The molecule has 0 radical (unpaired) electrons. The van der Waals surface area contributed by atoms with Gasteiger partial charge < -0.3 is 5.84 Å². The van der Waals surface area contributed by atoms with Crippen LogP contribution in [0.15, 0.2) is 41.6 Å². The van der Waals surface area contributed by atoms with Crippen LogP contribution in [0.4, 0.5) is 0 Å². The molecular formula is C18H23N5S. The van der Waals surface area contributed by atoms with Crippen molar-refractivity contribution in [3.05, 3.63) is 47.9 Å². The molecule has 0 spiro atoms. The first kappa shape index (κ1) is 16.8. The second-order valence-electron chi connectivity index (χ2n) is 7.05. The molecule has 2 aromatic heterocycles. The van der Waals surface area contributed by atoms with Gasteiger partial charge in [0.15, 0.2) is 5.82 Å². The zero-order valence-corrected chi connectivity index (χ0v) is 15.3. The third-order valence-corrected chi connectivity index (χ3v) is 4.85. The minimum atomic E-state index is -0.121. The van der Waals surface area contributed by atoms with Crippen LogP contribution in [0.1, 0.15) is 39.2 Å². The molecule has 0 aliphatic carbocycles. The number of hydrogen-bond donors (Lipinski definition) is 1. The Balaban J connectivity index is 1.73. The molecule has 24 heavy (non-hydrogen) atoms. The second kappa shape index (κ2) is 6.43. The second-order valence-corrected chi connectivity index (χ2v) is 8.46. The summed E-state index contributed by atoms with van der Waals surface area (Å²) in [6.07, 6.45) is 0.854. The molecule has 0 aliphatic heterocycles. The lowest BCUT2D eigenvalue weighted by Gasteiger charge is -2.17. The van der Waals surface area contributed by atoms with Crippen LogP contribution in [0.25, 0.3) is 10.9 Å². The van der Waals surface area contributed by atoms with Crippen LogP contribution >= 0.6 is 11.8 Å². The minimum Gasteiger partial charge on any atom is -0.336 e. The Morgan fingerprint density at radius 3 is 2.58 bits per heavy atom. The highest BCUT2D eigenvalue weighted by Crippen LogP contribution is 2.27. The first-order valence-corrected chi connectivity index (χ1v) is 8.95. The Labute approximate surface area is 146 Å². The van der Waals surface area contributed by atoms with E-state index in [2.05, 4.69) is 56.1 Å². The van der Waals surface area contributed by atoms with Gasteiger partial charge in [0.25, 0.3) is 0 Å². The average Bonchev–Trinajstić information content (AvgIpc) is 2.88. The topological polar surface area (TPSA) is 69.6 Å². The van der Waals surface area contributed by atoms with E-state index in [1.807, 2.05) is 18.2 Å². The monoisotopic (exact) mass is 341 g/mol. The molecule has 126 valence electrons. The molecule has 0 saturated carbocycles. The summed E-state index contributed by atoms with van der Waals surface area (Å²) in [6.45, 7) is 8.40. The maximum Gasteiger partial charge on any atom is 0.210 e. The van der Waals surface area contributed by atoms with Gasteiger partial charge in [-0.2, -0.15) is 0 Å². The molecule has 1 atom stereocenters. The molecule has 0 saturated heterocycles. The summed E-state index contributed by atoms with van der Waals surface area (Å²) in [5, 5.41) is 10.7. The number of nitrogen functional groups attached to an aromatic ring is 1. The van der Waals surface area contributed by atoms with E-state index in [9.17, 15) is 0 Å². The molecule has 0 bridgehead atoms. The van der Waals surface area contributed by atoms with E-state index in [-0.39, 0.29) is 5.41 Å². The maximum absolute atomic E-state index is 6.16. The minimum absolute atomic E-state index is 0.121. The summed E-state index contributed by atoms with van der Waals surface area (Å²) in [4.78, 5) is 4.74. The smallest absolute Gasteiger partial charge is 0.210 e. The van der Waals surface area contributed by atoms with Crippen LogP contribution in [0, 0.1) is 0 Å². The number of para-hydroxylation sites is 1. The van der Waals surface area contributed by atoms with Gasteiger partial charge in [-0.25, -0.2) is 4.68 Å². The fourth-order valence-electron chi connectivity index (χ4n) is 2.61. The van der Waals surface area contributed by atoms with Crippen molar-refractivity contribution in [3.8, 4) is 0 Å². The van der Waals surface area contributed by atoms with Crippen LogP contribution in [0.3, 0.4) is 0 Å². The van der Waals surface area contributed by atoms with E-state index in [0.29, 0.717) is 5.25 Å². The SMILES string of the molecule is C[C@@H](Cc1ccc2ccccc2n1)Sc1nnc(C(C)(C)C)n1N. The molecule has 0 amide bonds. The van der Waals surface area contributed by atoms with Crippen molar-refractivity contribution in [2.75, 3.05) is 5.84 Å². The van der Waals surface area contributed by atoms with Crippen molar-refractivity contribution < 1.29 is 0 Å². The van der Waals surface area contributed by atoms with Crippen molar-refractivity contribution in [2.24, 2.45) is 0 Å². The highest BCUT2D eigenvalue weighted by Gasteiger charge is 2.23.